The highest BCUT2D eigenvalue weighted by atomic mass is 16.5. The van der Waals surface area contributed by atoms with Crippen LogP contribution in [0.1, 0.15) is 51.4 Å². The number of hydrogen-bond donors (Lipinski definition) is 0. The molecule has 1 aliphatic rings. The van der Waals surface area contributed by atoms with Gasteiger partial charge < -0.3 is 9.30 Å². The van der Waals surface area contributed by atoms with Crippen molar-refractivity contribution in [3.05, 3.63) is 24.2 Å². The first-order valence-corrected chi connectivity index (χ1v) is 8.78. The van der Waals surface area contributed by atoms with Crippen LogP contribution in [0.2, 0.25) is 0 Å². The summed E-state index contributed by atoms with van der Waals surface area (Å²) in [6.07, 6.45) is 6.60. The molecular formula is C18H28N4O. The Balaban J connectivity index is 1.98. The number of fused-ring (bicyclic) bond motifs is 1. The minimum absolute atomic E-state index is 0.403. The van der Waals surface area contributed by atoms with Gasteiger partial charge in [-0.1, -0.05) is 6.42 Å². The Labute approximate surface area is 138 Å². The van der Waals surface area contributed by atoms with Crippen LogP contribution < -0.4 is 0 Å². The SMILES string of the molecule is COCCCn1c(C2CCCCN2C(C)C)nc2cccnc21. The van der Waals surface area contributed by atoms with Gasteiger partial charge in [0.2, 0.25) is 0 Å². The van der Waals surface area contributed by atoms with Crippen molar-refractivity contribution in [2.24, 2.45) is 0 Å². The van der Waals surface area contributed by atoms with Crippen LogP contribution in [0.5, 0.6) is 0 Å². The summed E-state index contributed by atoms with van der Waals surface area (Å²) >= 11 is 0. The molecule has 1 aliphatic heterocycles. The number of methoxy groups -OCH3 is 1. The Morgan fingerprint density at radius 1 is 1.35 bits per heavy atom. The molecule has 3 heterocycles. The molecule has 0 amide bonds. The second-order valence-corrected chi connectivity index (χ2v) is 6.66. The van der Waals surface area contributed by atoms with E-state index in [1.54, 1.807) is 7.11 Å². The molecule has 0 N–H and O–H groups in total. The van der Waals surface area contributed by atoms with E-state index < -0.39 is 0 Å². The topological polar surface area (TPSA) is 43.2 Å². The lowest BCUT2D eigenvalue weighted by molar-refractivity contribution is 0.103. The number of piperidine rings is 1. The quantitative estimate of drug-likeness (QED) is 0.766. The Bertz CT molecular complexity index is 637. The van der Waals surface area contributed by atoms with E-state index in [2.05, 4.69) is 34.4 Å². The number of aryl methyl sites for hydroxylation is 1. The molecule has 3 rings (SSSR count). The largest absolute Gasteiger partial charge is 0.385 e. The van der Waals surface area contributed by atoms with E-state index in [0.717, 1.165) is 37.3 Å². The standard InChI is InChI=1S/C18H28N4O/c1-14(2)21-11-5-4-9-16(21)18-20-15-8-6-10-19-17(15)22(18)12-7-13-23-3/h6,8,10,14,16H,4-5,7,9,11-13H2,1-3H3. The van der Waals surface area contributed by atoms with Gasteiger partial charge in [-0.2, -0.15) is 0 Å². The fourth-order valence-corrected chi connectivity index (χ4v) is 3.67. The predicted octanol–water partition coefficient (Wildman–Crippen LogP) is 3.40. The fourth-order valence-electron chi connectivity index (χ4n) is 3.67. The van der Waals surface area contributed by atoms with Crippen molar-refractivity contribution in [1.29, 1.82) is 0 Å². The Kier molecular flexibility index (Phi) is 5.28. The van der Waals surface area contributed by atoms with Gasteiger partial charge in [-0.15, -0.1) is 0 Å². The van der Waals surface area contributed by atoms with Gasteiger partial charge in [-0.3, -0.25) is 4.90 Å². The number of imidazole rings is 1. The molecule has 5 nitrogen and oxygen atoms in total. The Morgan fingerprint density at radius 3 is 3.00 bits per heavy atom. The molecule has 1 fully saturated rings. The minimum Gasteiger partial charge on any atom is -0.385 e. The molecule has 126 valence electrons. The third kappa shape index (κ3) is 3.40. The Morgan fingerprint density at radius 2 is 2.22 bits per heavy atom. The van der Waals surface area contributed by atoms with E-state index >= 15 is 0 Å². The van der Waals surface area contributed by atoms with Gasteiger partial charge in [0.05, 0.1) is 6.04 Å². The summed E-state index contributed by atoms with van der Waals surface area (Å²) in [4.78, 5) is 12.1. The lowest BCUT2D eigenvalue weighted by atomic mass is 9.99. The number of ether oxygens (including phenoxy) is 1. The summed E-state index contributed by atoms with van der Waals surface area (Å²) < 4.78 is 7.55. The molecule has 2 aromatic heterocycles. The molecule has 0 aliphatic carbocycles. The number of aromatic nitrogens is 3. The zero-order valence-corrected chi connectivity index (χ0v) is 14.5. The predicted molar refractivity (Wildman–Crippen MR) is 92.5 cm³/mol. The molecule has 0 radical (unpaired) electrons. The lowest BCUT2D eigenvalue weighted by Crippen LogP contribution is -2.39. The monoisotopic (exact) mass is 316 g/mol. The van der Waals surface area contributed by atoms with Crippen molar-refractivity contribution in [1.82, 2.24) is 19.4 Å². The van der Waals surface area contributed by atoms with Crippen molar-refractivity contribution in [2.75, 3.05) is 20.3 Å². The number of nitrogens with zero attached hydrogens (tertiary/aromatic N) is 4. The first kappa shape index (κ1) is 16.4. The van der Waals surface area contributed by atoms with Crippen molar-refractivity contribution in [3.63, 3.8) is 0 Å². The first-order valence-electron chi connectivity index (χ1n) is 8.78. The van der Waals surface area contributed by atoms with Gasteiger partial charge in [0.1, 0.15) is 11.3 Å². The van der Waals surface area contributed by atoms with E-state index in [1.165, 1.54) is 25.1 Å². The molecule has 5 heteroatoms. The molecule has 2 aromatic rings. The smallest absolute Gasteiger partial charge is 0.160 e. The van der Waals surface area contributed by atoms with Crippen LogP contribution in [0, 0.1) is 0 Å². The summed E-state index contributed by atoms with van der Waals surface area (Å²) in [6, 6.07) is 4.99. The molecule has 0 saturated carbocycles. The van der Waals surface area contributed by atoms with Crippen molar-refractivity contribution in [2.45, 2.75) is 58.2 Å². The van der Waals surface area contributed by atoms with Crippen LogP contribution in [0.4, 0.5) is 0 Å². The van der Waals surface area contributed by atoms with E-state index in [0.29, 0.717) is 12.1 Å². The third-order valence-corrected chi connectivity index (χ3v) is 4.77. The zero-order chi connectivity index (χ0) is 16.2. The summed E-state index contributed by atoms with van der Waals surface area (Å²) in [5.41, 5.74) is 2.02. The molecule has 0 aromatic carbocycles. The highest BCUT2D eigenvalue weighted by molar-refractivity contribution is 5.71. The van der Waals surface area contributed by atoms with Crippen molar-refractivity contribution < 1.29 is 4.74 Å². The van der Waals surface area contributed by atoms with Crippen LogP contribution >= 0.6 is 0 Å². The zero-order valence-electron chi connectivity index (χ0n) is 14.5. The van der Waals surface area contributed by atoms with Crippen LogP contribution in [0.25, 0.3) is 11.2 Å². The van der Waals surface area contributed by atoms with Crippen LogP contribution in [0.15, 0.2) is 18.3 Å². The van der Waals surface area contributed by atoms with Gasteiger partial charge in [0, 0.05) is 32.5 Å². The Hall–Kier alpha value is -1.46. The van der Waals surface area contributed by atoms with E-state index in [4.69, 9.17) is 9.72 Å². The molecule has 0 spiro atoms. The minimum atomic E-state index is 0.403. The second-order valence-electron chi connectivity index (χ2n) is 6.66. The van der Waals surface area contributed by atoms with E-state index in [-0.39, 0.29) is 0 Å². The number of likely N-dealkylation sites (tertiary alicyclic amines) is 1. The molecule has 1 unspecified atom stereocenters. The molecular weight excluding hydrogens is 288 g/mol. The average Bonchev–Trinajstić information content (AvgIpc) is 2.94. The number of pyridine rings is 1. The number of rotatable bonds is 6. The molecule has 23 heavy (non-hydrogen) atoms. The van der Waals surface area contributed by atoms with Crippen LogP contribution in [-0.4, -0.2) is 45.7 Å². The first-order chi connectivity index (χ1) is 11.2. The molecule has 1 saturated heterocycles. The maximum Gasteiger partial charge on any atom is 0.160 e. The van der Waals surface area contributed by atoms with Gasteiger partial charge in [-0.05, 0) is 51.8 Å². The average molecular weight is 316 g/mol. The van der Waals surface area contributed by atoms with E-state index in [1.807, 2.05) is 12.3 Å². The highest BCUT2D eigenvalue weighted by Gasteiger charge is 2.30. The maximum absolute atomic E-state index is 5.23. The van der Waals surface area contributed by atoms with Crippen LogP contribution in [0.3, 0.4) is 0 Å². The van der Waals surface area contributed by atoms with Gasteiger partial charge in [-0.25, -0.2) is 9.97 Å². The molecule has 1 atom stereocenters. The van der Waals surface area contributed by atoms with Crippen molar-refractivity contribution in [3.8, 4) is 0 Å². The summed E-state index contributed by atoms with van der Waals surface area (Å²) in [5.74, 6) is 1.18. The van der Waals surface area contributed by atoms with Gasteiger partial charge >= 0.3 is 0 Å². The lowest BCUT2D eigenvalue weighted by Gasteiger charge is -2.38. The number of hydrogen-bond acceptors (Lipinski definition) is 4. The molecule has 0 bridgehead atoms. The summed E-state index contributed by atoms with van der Waals surface area (Å²) in [5, 5.41) is 0. The normalized spacial score (nSPS) is 19.7. The van der Waals surface area contributed by atoms with Crippen molar-refractivity contribution >= 4 is 11.2 Å². The summed E-state index contributed by atoms with van der Waals surface area (Å²) in [7, 11) is 1.76. The van der Waals surface area contributed by atoms with Gasteiger partial charge in [0.15, 0.2) is 5.65 Å². The maximum atomic E-state index is 5.23. The highest BCUT2D eigenvalue weighted by Crippen LogP contribution is 2.33. The van der Waals surface area contributed by atoms with Gasteiger partial charge in [0.25, 0.3) is 0 Å². The van der Waals surface area contributed by atoms with Crippen LogP contribution in [-0.2, 0) is 11.3 Å². The summed E-state index contributed by atoms with van der Waals surface area (Å²) in [6.45, 7) is 7.42. The second kappa shape index (κ2) is 7.41. The van der Waals surface area contributed by atoms with E-state index in [9.17, 15) is 0 Å². The fraction of sp³-hybridized carbons (Fsp3) is 0.667. The third-order valence-electron chi connectivity index (χ3n) is 4.77.